The van der Waals surface area contributed by atoms with E-state index in [2.05, 4.69) is 0 Å². The molecule has 6 heteroatoms. The first-order chi connectivity index (χ1) is 7.14. The van der Waals surface area contributed by atoms with Crippen molar-refractivity contribution in [1.29, 1.82) is 0 Å². The van der Waals surface area contributed by atoms with E-state index in [-0.39, 0.29) is 0 Å². The van der Waals surface area contributed by atoms with Gasteiger partial charge in [0.05, 0.1) is 19.2 Å². The number of carbonyl (C=O) groups excluding carboxylic acids is 1. The first kappa shape index (κ1) is 13.2. The Balaban J connectivity index is 2.69. The lowest BCUT2D eigenvalue weighted by molar-refractivity contribution is -0.00284. The minimum atomic E-state index is -2.94. The Bertz CT molecular complexity index is 276. The van der Waals surface area contributed by atoms with Crippen LogP contribution in [0.3, 0.4) is 0 Å². The summed E-state index contributed by atoms with van der Waals surface area (Å²) >= 11 is 0. The molecule has 0 aromatic rings. The highest BCUT2D eigenvalue weighted by molar-refractivity contribution is 5.69. The van der Waals surface area contributed by atoms with Crippen molar-refractivity contribution in [2.75, 3.05) is 13.2 Å². The molecule has 1 N–H and O–H groups in total. The van der Waals surface area contributed by atoms with Crippen molar-refractivity contribution in [1.82, 2.24) is 4.90 Å². The number of ether oxygens (including phenoxy) is 1. The molecule has 0 spiro atoms. The Kier molecular flexibility index (Phi) is 3.42. The summed E-state index contributed by atoms with van der Waals surface area (Å²) in [6.45, 7) is 3.81. The van der Waals surface area contributed by atoms with Crippen molar-refractivity contribution in [3.63, 3.8) is 0 Å². The molecule has 0 aromatic carbocycles. The zero-order chi connectivity index (χ0) is 12.6. The van der Waals surface area contributed by atoms with Gasteiger partial charge in [0.25, 0.3) is 5.92 Å². The van der Waals surface area contributed by atoms with Crippen LogP contribution in [0.15, 0.2) is 0 Å². The number of rotatable bonds is 1. The maximum Gasteiger partial charge on any atom is 0.410 e. The Labute approximate surface area is 93.2 Å². The van der Waals surface area contributed by atoms with Gasteiger partial charge >= 0.3 is 6.09 Å². The third-order valence-electron chi connectivity index (χ3n) is 2.22. The second kappa shape index (κ2) is 4.16. The molecule has 1 fully saturated rings. The molecule has 1 saturated heterocycles. The van der Waals surface area contributed by atoms with Crippen LogP contribution in [0, 0.1) is 0 Å². The zero-order valence-corrected chi connectivity index (χ0v) is 9.67. The van der Waals surface area contributed by atoms with Crippen molar-refractivity contribution in [3.8, 4) is 0 Å². The molecule has 1 aliphatic heterocycles. The van der Waals surface area contributed by atoms with Gasteiger partial charge in [-0.05, 0) is 20.8 Å². The van der Waals surface area contributed by atoms with Crippen LogP contribution in [0.25, 0.3) is 0 Å². The third kappa shape index (κ3) is 3.30. The fraction of sp³-hybridized carbons (Fsp3) is 0.900. The average molecular weight is 237 g/mol. The number of carbonyl (C=O) groups is 1. The van der Waals surface area contributed by atoms with Crippen LogP contribution in [-0.2, 0) is 4.74 Å². The highest BCUT2D eigenvalue weighted by Gasteiger charge is 2.47. The minimum Gasteiger partial charge on any atom is -0.444 e. The molecular weight excluding hydrogens is 220 g/mol. The number of alkyl halides is 2. The quantitative estimate of drug-likeness (QED) is 0.754. The van der Waals surface area contributed by atoms with Crippen LogP contribution in [0.4, 0.5) is 13.6 Å². The summed E-state index contributed by atoms with van der Waals surface area (Å²) in [6, 6.07) is -0.857. The lowest BCUT2D eigenvalue weighted by atomic mass is 10.2. The highest BCUT2D eigenvalue weighted by Crippen LogP contribution is 2.32. The average Bonchev–Trinajstić information content (AvgIpc) is 2.38. The van der Waals surface area contributed by atoms with Crippen molar-refractivity contribution < 1.29 is 23.4 Å². The van der Waals surface area contributed by atoms with E-state index in [1.807, 2.05) is 0 Å². The van der Waals surface area contributed by atoms with E-state index in [1.54, 1.807) is 20.8 Å². The summed E-state index contributed by atoms with van der Waals surface area (Å²) in [4.78, 5) is 12.5. The smallest absolute Gasteiger partial charge is 0.410 e. The van der Waals surface area contributed by atoms with E-state index in [0.717, 1.165) is 4.90 Å². The molecule has 0 unspecified atom stereocenters. The Morgan fingerprint density at radius 1 is 1.56 bits per heavy atom. The summed E-state index contributed by atoms with van der Waals surface area (Å²) in [5, 5.41) is 8.93. The fourth-order valence-corrected chi connectivity index (χ4v) is 1.60. The van der Waals surface area contributed by atoms with Crippen LogP contribution in [-0.4, -0.2) is 46.8 Å². The molecule has 1 aliphatic rings. The number of hydrogen-bond donors (Lipinski definition) is 1. The second-order valence-electron chi connectivity index (χ2n) is 5.00. The van der Waals surface area contributed by atoms with Gasteiger partial charge in [0.15, 0.2) is 0 Å². The summed E-state index contributed by atoms with van der Waals surface area (Å²) in [5.74, 6) is -2.94. The number of aliphatic hydroxyl groups is 1. The summed E-state index contributed by atoms with van der Waals surface area (Å²) in [6.07, 6.45) is -1.31. The number of aliphatic hydroxyl groups excluding tert-OH is 1. The van der Waals surface area contributed by atoms with Gasteiger partial charge in [-0.15, -0.1) is 0 Å². The molecule has 0 aliphatic carbocycles. The van der Waals surface area contributed by atoms with Gasteiger partial charge in [-0.3, -0.25) is 4.90 Å². The minimum absolute atomic E-state index is 0.477. The zero-order valence-electron chi connectivity index (χ0n) is 9.67. The number of amides is 1. The predicted molar refractivity (Wildman–Crippen MR) is 53.4 cm³/mol. The van der Waals surface area contributed by atoms with E-state index in [1.165, 1.54) is 0 Å². The molecule has 94 valence electrons. The SMILES string of the molecule is CC(C)(C)OC(=O)N1CC(F)(F)C[C@@H]1CO. The van der Waals surface area contributed by atoms with Gasteiger partial charge < -0.3 is 9.84 Å². The first-order valence-corrected chi connectivity index (χ1v) is 5.13. The Morgan fingerprint density at radius 3 is 2.56 bits per heavy atom. The van der Waals surface area contributed by atoms with E-state index in [0.29, 0.717) is 0 Å². The maximum absolute atomic E-state index is 13.1. The normalized spacial score (nSPS) is 24.6. The summed E-state index contributed by atoms with van der Waals surface area (Å²) < 4.78 is 31.1. The van der Waals surface area contributed by atoms with Crippen LogP contribution in [0.1, 0.15) is 27.2 Å². The van der Waals surface area contributed by atoms with E-state index in [4.69, 9.17) is 9.84 Å². The molecule has 0 aromatic heterocycles. The number of halogens is 2. The van der Waals surface area contributed by atoms with Crippen molar-refractivity contribution in [2.45, 2.75) is 44.8 Å². The molecule has 1 rings (SSSR count). The van der Waals surface area contributed by atoms with E-state index < -0.39 is 43.2 Å². The van der Waals surface area contributed by atoms with Gasteiger partial charge in [-0.2, -0.15) is 0 Å². The monoisotopic (exact) mass is 237 g/mol. The first-order valence-electron chi connectivity index (χ1n) is 5.13. The van der Waals surface area contributed by atoms with Crippen LogP contribution in [0.5, 0.6) is 0 Å². The standard InChI is InChI=1S/C10H17F2NO3/c1-9(2,3)16-8(15)13-6-10(11,12)4-7(13)5-14/h7,14H,4-6H2,1-3H3/t7-/m1/s1. The van der Waals surface area contributed by atoms with Crippen LogP contribution < -0.4 is 0 Å². The van der Waals surface area contributed by atoms with Crippen LogP contribution >= 0.6 is 0 Å². The summed E-state index contributed by atoms with van der Waals surface area (Å²) in [5.41, 5.74) is -0.727. The maximum atomic E-state index is 13.1. The molecule has 4 nitrogen and oxygen atoms in total. The second-order valence-corrected chi connectivity index (χ2v) is 5.00. The predicted octanol–water partition coefficient (Wildman–Crippen LogP) is 1.62. The van der Waals surface area contributed by atoms with Gasteiger partial charge in [0, 0.05) is 6.42 Å². The van der Waals surface area contributed by atoms with Crippen molar-refractivity contribution in [2.24, 2.45) is 0 Å². The molecule has 0 radical (unpaired) electrons. The molecule has 1 heterocycles. The van der Waals surface area contributed by atoms with Crippen LogP contribution in [0.2, 0.25) is 0 Å². The molecule has 1 atom stereocenters. The van der Waals surface area contributed by atoms with E-state index in [9.17, 15) is 13.6 Å². The van der Waals surface area contributed by atoms with Gasteiger partial charge in [0.2, 0.25) is 0 Å². The number of likely N-dealkylation sites (tertiary alicyclic amines) is 1. The molecular formula is C10H17F2NO3. The third-order valence-corrected chi connectivity index (χ3v) is 2.22. The highest BCUT2D eigenvalue weighted by atomic mass is 19.3. The molecule has 1 amide bonds. The van der Waals surface area contributed by atoms with Crippen molar-refractivity contribution >= 4 is 6.09 Å². The summed E-state index contributed by atoms with van der Waals surface area (Å²) in [7, 11) is 0. The van der Waals surface area contributed by atoms with Gasteiger partial charge in [0.1, 0.15) is 5.60 Å². The fourth-order valence-electron chi connectivity index (χ4n) is 1.60. The molecule has 0 bridgehead atoms. The van der Waals surface area contributed by atoms with E-state index >= 15 is 0 Å². The lowest BCUT2D eigenvalue weighted by Crippen LogP contribution is -2.41. The largest absolute Gasteiger partial charge is 0.444 e. The molecule has 16 heavy (non-hydrogen) atoms. The van der Waals surface area contributed by atoms with Gasteiger partial charge in [-0.25, -0.2) is 13.6 Å². The number of hydrogen-bond acceptors (Lipinski definition) is 3. The Morgan fingerprint density at radius 2 is 2.12 bits per heavy atom. The molecule has 0 saturated carbocycles. The Hall–Kier alpha value is -0.910. The van der Waals surface area contributed by atoms with Gasteiger partial charge in [-0.1, -0.05) is 0 Å². The van der Waals surface area contributed by atoms with Crippen molar-refractivity contribution in [3.05, 3.63) is 0 Å². The topological polar surface area (TPSA) is 49.8 Å². The lowest BCUT2D eigenvalue weighted by Gasteiger charge is -2.27. The number of nitrogens with zero attached hydrogens (tertiary/aromatic N) is 1.